The van der Waals surface area contributed by atoms with Gasteiger partial charge in [-0.3, -0.25) is 0 Å². The largest absolute Gasteiger partial charge is 0.390 e. The van der Waals surface area contributed by atoms with Gasteiger partial charge in [0, 0.05) is 12.1 Å². The van der Waals surface area contributed by atoms with E-state index in [0.29, 0.717) is 6.42 Å². The molecule has 82 valence electrons. The van der Waals surface area contributed by atoms with Crippen molar-refractivity contribution in [2.24, 2.45) is 0 Å². The Morgan fingerprint density at radius 1 is 1.13 bits per heavy atom. The van der Waals surface area contributed by atoms with Gasteiger partial charge in [0.2, 0.25) is 0 Å². The molecular weight excluding hydrogens is 194 g/mol. The highest BCUT2D eigenvalue weighted by molar-refractivity contribution is 5.42. The van der Waals surface area contributed by atoms with Gasteiger partial charge in [0.1, 0.15) is 12.3 Å². The van der Waals surface area contributed by atoms with Crippen molar-refractivity contribution < 1.29 is 14.9 Å². The molecule has 3 atom stereocenters. The monoisotopic (exact) mass is 209 g/mol. The zero-order chi connectivity index (χ0) is 10.7. The van der Waals surface area contributed by atoms with Gasteiger partial charge in [-0.2, -0.15) is 0 Å². The molecule has 1 saturated heterocycles. The van der Waals surface area contributed by atoms with Crippen LogP contribution < -0.4 is 5.32 Å². The topological polar surface area (TPSA) is 61.7 Å². The van der Waals surface area contributed by atoms with Crippen LogP contribution in [0, 0.1) is 0 Å². The first-order valence-electron chi connectivity index (χ1n) is 5.05. The van der Waals surface area contributed by atoms with Crippen LogP contribution in [0.15, 0.2) is 30.3 Å². The number of ether oxygens (including phenoxy) is 1. The summed E-state index contributed by atoms with van der Waals surface area (Å²) in [6.07, 6.45) is -1.31. The zero-order valence-electron chi connectivity index (χ0n) is 8.34. The molecule has 1 aliphatic heterocycles. The summed E-state index contributed by atoms with van der Waals surface area (Å²) in [5.41, 5.74) is 0.950. The Kier molecular flexibility index (Phi) is 3.20. The number of aliphatic hydroxyl groups is 2. The molecule has 0 amide bonds. The van der Waals surface area contributed by atoms with E-state index in [2.05, 4.69) is 5.32 Å². The predicted molar refractivity (Wildman–Crippen MR) is 56.4 cm³/mol. The van der Waals surface area contributed by atoms with Crippen LogP contribution in [0.25, 0.3) is 0 Å². The van der Waals surface area contributed by atoms with Crippen LogP contribution in [0.5, 0.6) is 0 Å². The lowest BCUT2D eigenvalue weighted by Gasteiger charge is -2.31. The Hall–Kier alpha value is -1.10. The Morgan fingerprint density at radius 3 is 2.53 bits per heavy atom. The second-order valence-electron chi connectivity index (χ2n) is 3.70. The molecule has 4 nitrogen and oxygen atoms in total. The summed E-state index contributed by atoms with van der Waals surface area (Å²) in [4.78, 5) is 0. The van der Waals surface area contributed by atoms with E-state index < -0.39 is 12.2 Å². The first-order valence-corrected chi connectivity index (χ1v) is 5.05. The first-order chi connectivity index (χ1) is 7.25. The van der Waals surface area contributed by atoms with Crippen LogP contribution in [0.4, 0.5) is 5.69 Å². The smallest absolute Gasteiger partial charge is 0.130 e. The van der Waals surface area contributed by atoms with Gasteiger partial charge in [-0.05, 0) is 12.1 Å². The number of hydrogen-bond acceptors (Lipinski definition) is 4. The zero-order valence-corrected chi connectivity index (χ0v) is 8.34. The average molecular weight is 209 g/mol. The molecule has 0 saturated carbocycles. The fourth-order valence-electron chi connectivity index (χ4n) is 1.59. The van der Waals surface area contributed by atoms with Crippen LogP contribution in [-0.4, -0.2) is 35.3 Å². The minimum atomic E-state index is -0.765. The van der Waals surface area contributed by atoms with E-state index in [9.17, 15) is 10.2 Å². The lowest BCUT2D eigenvalue weighted by Crippen LogP contribution is -2.44. The SMILES string of the molecule is O[C@@H]1CO[C@H](Nc2ccccc2)C[C@@H]1O. The van der Waals surface area contributed by atoms with Gasteiger partial charge in [0.25, 0.3) is 0 Å². The van der Waals surface area contributed by atoms with Gasteiger partial charge < -0.3 is 20.3 Å². The van der Waals surface area contributed by atoms with Gasteiger partial charge in [-0.1, -0.05) is 18.2 Å². The third-order valence-corrected chi connectivity index (χ3v) is 2.47. The van der Waals surface area contributed by atoms with Crippen molar-refractivity contribution in [3.05, 3.63) is 30.3 Å². The molecule has 0 unspecified atom stereocenters. The van der Waals surface area contributed by atoms with Crippen LogP contribution in [0.3, 0.4) is 0 Å². The first kappa shape index (κ1) is 10.4. The Bertz CT molecular complexity index is 304. The second kappa shape index (κ2) is 4.61. The van der Waals surface area contributed by atoms with Crippen molar-refractivity contribution in [3.8, 4) is 0 Å². The summed E-state index contributed by atoms with van der Waals surface area (Å²) in [6, 6.07) is 9.65. The van der Waals surface area contributed by atoms with E-state index >= 15 is 0 Å². The number of benzene rings is 1. The van der Waals surface area contributed by atoms with Crippen molar-refractivity contribution >= 4 is 5.69 Å². The highest BCUT2D eigenvalue weighted by Gasteiger charge is 2.27. The van der Waals surface area contributed by atoms with Crippen molar-refractivity contribution in [1.82, 2.24) is 0 Å². The summed E-state index contributed by atoms with van der Waals surface area (Å²) in [5, 5.41) is 21.9. The maximum absolute atomic E-state index is 9.46. The Labute approximate surface area is 88.5 Å². The van der Waals surface area contributed by atoms with E-state index in [-0.39, 0.29) is 12.8 Å². The molecule has 0 radical (unpaired) electrons. The highest BCUT2D eigenvalue weighted by atomic mass is 16.5. The molecule has 0 spiro atoms. The van der Waals surface area contributed by atoms with Gasteiger partial charge >= 0.3 is 0 Å². The summed E-state index contributed by atoms with van der Waals surface area (Å²) in [6.45, 7) is 0.172. The van der Waals surface area contributed by atoms with Crippen LogP contribution >= 0.6 is 0 Å². The summed E-state index contributed by atoms with van der Waals surface area (Å²) < 4.78 is 5.34. The number of aliphatic hydroxyl groups excluding tert-OH is 2. The molecule has 4 heteroatoms. The number of anilines is 1. The number of nitrogens with one attached hydrogen (secondary N) is 1. The molecule has 1 aliphatic rings. The lowest BCUT2D eigenvalue weighted by molar-refractivity contribution is -0.112. The normalized spacial score (nSPS) is 31.2. The number of hydrogen-bond donors (Lipinski definition) is 3. The van der Waals surface area contributed by atoms with Crippen molar-refractivity contribution in [2.75, 3.05) is 11.9 Å². The molecule has 1 fully saturated rings. The highest BCUT2D eigenvalue weighted by Crippen LogP contribution is 2.17. The molecule has 15 heavy (non-hydrogen) atoms. The fourth-order valence-corrected chi connectivity index (χ4v) is 1.59. The van der Waals surface area contributed by atoms with Gasteiger partial charge in [-0.15, -0.1) is 0 Å². The minimum Gasteiger partial charge on any atom is -0.390 e. The Balaban J connectivity index is 1.91. The summed E-state index contributed by atoms with van der Waals surface area (Å²) in [5.74, 6) is 0. The average Bonchev–Trinajstić information content (AvgIpc) is 2.25. The molecule has 0 aromatic heterocycles. The fraction of sp³-hybridized carbons (Fsp3) is 0.455. The molecule has 1 aromatic carbocycles. The number of rotatable bonds is 2. The van der Waals surface area contributed by atoms with Crippen molar-refractivity contribution in [2.45, 2.75) is 24.9 Å². The molecule has 2 rings (SSSR count). The molecule has 0 aliphatic carbocycles. The van der Waals surface area contributed by atoms with E-state index in [1.807, 2.05) is 30.3 Å². The van der Waals surface area contributed by atoms with Gasteiger partial charge in [0.05, 0.1) is 12.7 Å². The third kappa shape index (κ3) is 2.68. The molecular formula is C11H15NO3. The summed E-state index contributed by atoms with van der Waals surface area (Å²) >= 11 is 0. The quantitative estimate of drug-likeness (QED) is 0.666. The van der Waals surface area contributed by atoms with E-state index in [0.717, 1.165) is 5.69 Å². The van der Waals surface area contributed by atoms with Crippen LogP contribution in [0.1, 0.15) is 6.42 Å². The maximum Gasteiger partial charge on any atom is 0.130 e. The predicted octanol–water partition coefficient (Wildman–Crippen LogP) is 0.567. The van der Waals surface area contributed by atoms with E-state index in [4.69, 9.17) is 4.74 Å². The third-order valence-electron chi connectivity index (χ3n) is 2.47. The molecule has 3 N–H and O–H groups in total. The van der Waals surface area contributed by atoms with Gasteiger partial charge in [0.15, 0.2) is 0 Å². The van der Waals surface area contributed by atoms with Crippen LogP contribution in [-0.2, 0) is 4.74 Å². The Morgan fingerprint density at radius 2 is 1.87 bits per heavy atom. The van der Waals surface area contributed by atoms with Crippen molar-refractivity contribution in [1.29, 1.82) is 0 Å². The maximum atomic E-state index is 9.46. The minimum absolute atomic E-state index is 0.172. The van der Waals surface area contributed by atoms with Crippen molar-refractivity contribution in [3.63, 3.8) is 0 Å². The number of para-hydroxylation sites is 1. The van der Waals surface area contributed by atoms with Gasteiger partial charge in [-0.25, -0.2) is 0 Å². The van der Waals surface area contributed by atoms with E-state index in [1.165, 1.54) is 0 Å². The van der Waals surface area contributed by atoms with E-state index in [1.54, 1.807) is 0 Å². The van der Waals surface area contributed by atoms with Crippen LogP contribution in [0.2, 0.25) is 0 Å². The summed E-state index contributed by atoms with van der Waals surface area (Å²) in [7, 11) is 0. The molecule has 1 aromatic rings. The lowest BCUT2D eigenvalue weighted by atomic mass is 10.1. The molecule has 1 heterocycles. The standard InChI is InChI=1S/C11H15NO3/c13-9-6-11(15-7-10(9)14)12-8-4-2-1-3-5-8/h1-5,9-14H,6-7H2/t9-,10+,11-/m0/s1. The molecule has 0 bridgehead atoms. The second-order valence-corrected chi connectivity index (χ2v) is 3.70.